The van der Waals surface area contributed by atoms with Gasteiger partial charge in [0.05, 0.1) is 6.04 Å². The topological polar surface area (TPSA) is 56.3 Å². The molecule has 2 heterocycles. The van der Waals surface area contributed by atoms with Crippen LogP contribution in [0, 0.1) is 0 Å². The van der Waals surface area contributed by atoms with E-state index in [0.29, 0.717) is 37.0 Å². The molecule has 2 aromatic rings. The molecule has 2 N–H and O–H groups in total. The molecule has 1 aromatic carbocycles. The van der Waals surface area contributed by atoms with Gasteiger partial charge in [-0.1, -0.05) is 6.92 Å². The van der Waals surface area contributed by atoms with Crippen molar-refractivity contribution in [2.24, 2.45) is 0 Å². The maximum absolute atomic E-state index is 12.9. The molecule has 24 heavy (non-hydrogen) atoms. The van der Waals surface area contributed by atoms with Crippen molar-refractivity contribution in [1.82, 2.24) is 4.98 Å². The largest absolute Gasteiger partial charge is 0.416 e. The Labute approximate surface area is 136 Å². The number of H-pyrrole nitrogens is 1. The Hall–Kier alpha value is -2.02. The van der Waals surface area contributed by atoms with E-state index in [1.54, 1.807) is 23.1 Å². The minimum atomic E-state index is -4.63. The van der Waals surface area contributed by atoms with Gasteiger partial charge >= 0.3 is 6.18 Å². The van der Waals surface area contributed by atoms with Crippen molar-refractivity contribution in [1.29, 1.82) is 0 Å². The van der Waals surface area contributed by atoms with Crippen LogP contribution in [0.15, 0.2) is 29.1 Å². The van der Waals surface area contributed by atoms with Gasteiger partial charge in [-0.15, -0.1) is 0 Å². The number of hydrogen-bond acceptors (Lipinski definition) is 3. The summed E-state index contributed by atoms with van der Waals surface area (Å²) in [6, 6.07) is 5.74. The summed E-state index contributed by atoms with van der Waals surface area (Å²) >= 11 is 0. The van der Waals surface area contributed by atoms with Gasteiger partial charge < -0.3 is 15.0 Å². The Balaban J connectivity index is 2.02. The Morgan fingerprint density at radius 3 is 2.79 bits per heavy atom. The number of rotatable bonds is 3. The standard InChI is InChI=1S/C17H19F3N2O2/c1-2-10-8-15(23)21-13-6-5-11(9-12(10)13)22-7-3-4-14(22)16(24)17(18,19)20/h5-6,8-9,14,16,24H,2-4,7H2,1H3,(H,21,23)/t14-,16-/m1/s1. The Morgan fingerprint density at radius 1 is 1.38 bits per heavy atom. The van der Waals surface area contributed by atoms with Crippen LogP contribution in [0.5, 0.6) is 0 Å². The van der Waals surface area contributed by atoms with Crippen LogP contribution in [-0.2, 0) is 6.42 Å². The summed E-state index contributed by atoms with van der Waals surface area (Å²) in [6.07, 6.45) is -5.45. The summed E-state index contributed by atoms with van der Waals surface area (Å²) in [5, 5.41) is 10.5. The molecule has 1 aliphatic heterocycles. The zero-order valence-corrected chi connectivity index (χ0v) is 13.2. The molecule has 0 unspecified atom stereocenters. The molecule has 1 aliphatic rings. The minimum Gasteiger partial charge on any atom is -0.382 e. The third-order valence-electron chi connectivity index (χ3n) is 4.62. The van der Waals surface area contributed by atoms with E-state index in [9.17, 15) is 23.1 Å². The summed E-state index contributed by atoms with van der Waals surface area (Å²) in [5.41, 5.74) is 1.95. The second-order valence-electron chi connectivity index (χ2n) is 6.13. The minimum absolute atomic E-state index is 0.196. The number of alkyl halides is 3. The fourth-order valence-electron chi connectivity index (χ4n) is 3.44. The quantitative estimate of drug-likeness (QED) is 0.903. The van der Waals surface area contributed by atoms with Crippen molar-refractivity contribution >= 4 is 16.6 Å². The summed E-state index contributed by atoms with van der Waals surface area (Å²) < 4.78 is 38.7. The smallest absolute Gasteiger partial charge is 0.382 e. The summed E-state index contributed by atoms with van der Waals surface area (Å²) in [6.45, 7) is 2.39. The van der Waals surface area contributed by atoms with Crippen LogP contribution in [0.3, 0.4) is 0 Å². The van der Waals surface area contributed by atoms with Crippen molar-refractivity contribution in [3.8, 4) is 0 Å². The Kier molecular flexibility index (Phi) is 4.29. The number of fused-ring (bicyclic) bond motifs is 1. The van der Waals surface area contributed by atoms with Crippen LogP contribution < -0.4 is 10.5 Å². The number of benzene rings is 1. The monoisotopic (exact) mass is 340 g/mol. The molecule has 0 saturated carbocycles. The van der Waals surface area contributed by atoms with Crippen LogP contribution in [-0.4, -0.2) is 35.0 Å². The average molecular weight is 340 g/mol. The van der Waals surface area contributed by atoms with Crippen molar-refractivity contribution in [2.75, 3.05) is 11.4 Å². The van der Waals surface area contributed by atoms with E-state index in [-0.39, 0.29) is 5.56 Å². The predicted octanol–water partition coefficient (Wildman–Crippen LogP) is 2.98. The van der Waals surface area contributed by atoms with Gasteiger partial charge in [-0.3, -0.25) is 4.79 Å². The van der Waals surface area contributed by atoms with Gasteiger partial charge in [0, 0.05) is 29.2 Å². The Bertz CT molecular complexity index is 801. The first kappa shape index (κ1) is 16.8. The van der Waals surface area contributed by atoms with Crippen molar-refractivity contribution < 1.29 is 18.3 Å². The second kappa shape index (κ2) is 6.12. The number of anilines is 1. The van der Waals surface area contributed by atoms with Gasteiger partial charge in [0.1, 0.15) is 0 Å². The molecule has 4 nitrogen and oxygen atoms in total. The molecule has 0 radical (unpaired) electrons. The highest BCUT2D eigenvalue weighted by Crippen LogP contribution is 2.35. The van der Waals surface area contributed by atoms with Crippen molar-refractivity contribution in [2.45, 2.75) is 44.5 Å². The number of aromatic nitrogens is 1. The predicted molar refractivity (Wildman–Crippen MR) is 86.4 cm³/mol. The molecular weight excluding hydrogens is 321 g/mol. The van der Waals surface area contributed by atoms with Crippen LogP contribution in [0.25, 0.3) is 10.9 Å². The first-order valence-corrected chi connectivity index (χ1v) is 7.98. The van der Waals surface area contributed by atoms with E-state index < -0.39 is 18.3 Å². The van der Waals surface area contributed by atoms with E-state index in [1.165, 1.54) is 6.07 Å². The van der Waals surface area contributed by atoms with E-state index in [4.69, 9.17) is 0 Å². The van der Waals surface area contributed by atoms with Gasteiger partial charge in [-0.2, -0.15) is 13.2 Å². The number of nitrogens with zero attached hydrogens (tertiary/aromatic N) is 1. The average Bonchev–Trinajstić information content (AvgIpc) is 3.01. The molecule has 0 amide bonds. The highest BCUT2D eigenvalue weighted by Gasteiger charge is 2.47. The molecule has 0 aliphatic carbocycles. The van der Waals surface area contributed by atoms with Gasteiger partial charge in [-0.25, -0.2) is 0 Å². The number of halogens is 3. The first-order valence-electron chi connectivity index (χ1n) is 7.98. The lowest BCUT2D eigenvalue weighted by molar-refractivity contribution is -0.209. The molecule has 0 spiro atoms. The van der Waals surface area contributed by atoms with Gasteiger partial charge in [0.15, 0.2) is 6.10 Å². The van der Waals surface area contributed by atoms with E-state index >= 15 is 0 Å². The molecule has 1 saturated heterocycles. The highest BCUT2D eigenvalue weighted by atomic mass is 19.4. The van der Waals surface area contributed by atoms with E-state index in [0.717, 1.165) is 10.9 Å². The van der Waals surface area contributed by atoms with Crippen LogP contribution in [0.2, 0.25) is 0 Å². The number of hydrogen-bond donors (Lipinski definition) is 2. The highest BCUT2D eigenvalue weighted by molar-refractivity contribution is 5.85. The first-order chi connectivity index (χ1) is 11.3. The Morgan fingerprint density at radius 2 is 2.12 bits per heavy atom. The van der Waals surface area contributed by atoms with Gasteiger partial charge in [0.2, 0.25) is 5.56 Å². The lowest BCUT2D eigenvalue weighted by Gasteiger charge is -2.31. The second-order valence-corrected chi connectivity index (χ2v) is 6.13. The zero-order valence-electron chi connectivity index (χ0n) is 13.2. The normalized spacial score (nSPS) is 19.9. The fourth-order valence-corrected chi connectivity index (χ4v) is 3.44. The third-order valence-corrected chi connectivity index (χ3v) is 4.62. The van der Waals surface area contributed by atoms with Crippen LogP contribution in [0.4, 0.5) is 18.9 Å². The molecule has 0 bridgehead atoms. The molecular formula is C17H19F3N2O2. The fraction of sp³-hybridized carbons (Fsp3) is 0.471. The number of aliphatic hydroxyl groups excluding tert-OH is 1. The molecule has 7 heteroatoms. The van der Waals surface area contributed by atoms with Gasteiger partial charge in [-0.05, 0) is 43.0 Å². The lowest BCUT2D eigenvalue weighted by atomic mass is 10.0. The SMILES string of the molecule is CCc1cc(=O)[nH]c2ccc(N3CCC[C@@H]3[C@@H](O)C(F)(F)F)cc12. The number of pyridine rings is 1. The third kappa shape index (κ3) is 3.00. The summed E-state index contributed by atoms with van der Waals surface area (Å²) in [4.78, 5) is 16.0. The number of aryl methyl sites for hydroxylation is 1. The maximum atomic E-state index is 12.9. The van der Waals surface area contributed by atoms with E-state index in [1.807, 2.05) is 6.92 Å². The number of aromatic amines is 1. The van der Waals surface area contributed by atoms with Crippen molar-refractivity contribution in [3.05, 3.63) is 40.2 Å². The summed E-state index contributed by atoms with van der Waals surface area (Å²) in [7, 11) is 0. The molecule has 3 rings (SSSR count). The van der Waals surface area contributed by atoms with Crippen LogP contribution in [0.1, 0.15) is 25.3 Å². The molecule has 130 valence electrons. The summed E-state index contributed by atoms with van der Waals surface area (Å²) in [5.74, 6) is 0. The molecule has 1 aromatic heterocycles. The number of aliphatic hydroxyl groups is 1. The van der Waals surface area contributed by atoms with Crippen LogP contribution >= 0.6 is 0 Å². The number of nitrogens with one attached hydrogen (secondary N) is 1. The van der Waals surface area contributed by atoms with Crippen molar-refractivity contribution in [3.63, 3.8) is 0 Å². The lowest BCUT2D eigenvalue weighted by Crippen LogP contribution is -2.47. The van der Waals surface area contributed by atoms with Gasteiger partial charge in [0.25, 0.3) is 0 Å². The molecule has 1 fully saturated rings. The zero-order chi connectivity index (χ0) is 17.5. The molecule has 2 atom stereocenters. The van der Waals surface area contributed by atoms with E-state index in [2.05, 4.69) is 4.98 Å². The maximum Gasteiger partial charge on any atom is 0.416 e.